The number of amides is 1. The number of hydrogen-bond donors (Lipinski definition) is 2. The van der Waals surface area contributed by atoms with Gasteiger partial charge in [0.25, 0.3) is 5.91 Å². The Labute approximate surface area is 154 Å². The van der Waals surface area contributed by atoms with Crippen LogP contribution >= 0.6 is 0 Å². The van der Waals surface area contributed by atoms with E-state index in [0.717, 1.165) is 16.5 Å². The third kappa shape index (κ3) is 5.03. The number of carbonyl (C=O) groups is 1. The first-order chi connectivity index (χ1) is 12.2. The molecule has 8 heteroatoms. The molecule has 0 fully saturated rings. The van der Waals surface area contributed by atoms with Crippen molar-refractivity contribution in [2.75, 3.05) is 31.3 Å². The van der Waals surface area contributed by atoms with Crippen LogP contribution in [0.25, 0.3) is 0 Å². The molecule has 0 bridgehead atoms. The van der Waals surface area contributed by atoms with Crippen LogP contribution < -0.4 is 10.6 Å². The predicted molar refractivity (Wildman–Crippen MR) is 103 cm³/mol. The second kappa shape index (κ2) is 8.29. The summed E-state index contributed by atoms with van der Waals surface area (Å²) < 4.78 is 25.2. The number of anilines is 2. The van der Waals surface area contributed by atoms with Gasteiger partial charge in [0.1, 0.15) is 5.82 Å². The molecule has 0 atom stereocenters. The maximum absolute atomic E-state index is 12.3. The van der Waals surface area contributed by atoms with Gasteiger partial charge in [-0.15, -0.1) is 0 Å². The largest absolute Gasteiger partial charge is 0.384 e. The summed E-state index contributed by atoms with van der Waals surface area (Å²) in [6.07, 6.45) is 1.66. The molecule has 0 aliphatic carbocycles. The van der Waals surface area contributed by atoms with E-state index < -0.39 is 10.0 Å². The van der Waals surface area contributed by atoms with Crippen LogP contribution in [0.1, 0.15) is 24.2 Å². The van der Waals surface area contributed by atoms with Gasteiger partial charge in [0.05, 0.1) is 16.8 Å². The van der Waals surface area contributed by atoms with Crippen LogP contribution in [0.15, 0.2) is 47.5 Å². The highest BCUT2D eigenvalue weighted by atomic mass is 32.2. The van der Waals surface area contributed by atoms with Gasteiger partial charge in [-0.2, -0.15) is 0 Å². The Hall–Kier alpha value is -2.45. The molecule has 0 radical (unpaired) electrons. The summed E-state index contributed by atoms with van der Waals surface area (Å²) in [7, 11) is -0.593. The number of aromatic nitrogens is 1. The van der Waals surface area contributed by atoms with Gasteiger partial charge in [-0.3, -0.25) is 4.79 Å². The Morgan fingerprint density at radius 2 is 1.77 bits per heavy atom. The fourth-order valence-corrected chi connectivity index (χ4v) is 2.97. The normalized spacial score (nSPS) is 11.6. The van der Waals surface area contributed by atoms with Gasteiger partial charge >= 0.3 is 0 Å². The van der Waals surface area contributed by atoms with Gasteiger partial charge in [0.2, 0.25) is 10.0 Å². The third-order valence-electron chi connectivity index (χ3n) is 3.61. The zero-order valence-corrected chi connectivity index (χ0v) is 16.2. The molecule has 1 amide bonds. The molecular formula is C18H24N4O3S. The van der Waals surface area contributed by atoms with Crippen LogP contribution in [0.4, 0.5) is 11.5 Å². The van der Waals surface area contributed by atoms with Crippen LogP contribution in [0, 0.1) is 5.92 Å². The molecule has 0 aliphatic rings. The lowest BCUT2D eigenvalue weighted by Crippen LogP contribution is -2.22. The summed E-state index contributed by atoms with van der Waals surface area (Å²) in [5.41, 5.74) is 1.24. The number of nitrogens with zero attached hydrogens (tertiary/aromatic N) is 2. The molecule has 0 saturated carbocycles. The summed E-state index contributed by atoms with van der Waals surface area (Å²) in [4.78, 5) is 16.6. The average Bonchev–Trinajstić information content (AvgIpc) is 2.61. The second-order valence-electron chi connectivity index (χ2n) is 6.47. The van der Waals surface area contributed by atoms with Crippen molar-refractivity contribution in [3.8, 4) is 0 Å². The molecule has 0 spiro atoms. The lowest BCUT2D eigenvalue weighted by atomic mass is 10.2. The number of sulfonamides is 1. The van der Waals surface area contributed by atoms with Crippen molar-refractivity contribution in [2.24, 2.45) is 5.92 Å². The van der Waals surface area contributed by atoms with E-state index in [1.54, 1.807) is 12.3 Å². The van der Waals surface area contributed by atoms with Crippen LogP contribution in [0.3, 0.4) is 0 Å². The van der Waals surface area contributed by atoms with Gasteiger partial charge < -0.3 is 10.6 Å². The molecule has 2 N–H and O–H groups in total. The van der Waals surface area contributed by atoms with Crippen LogP contribution in [-0.4, -0.2) is 44.3 Å². The summed E-state index contributed by atoms with van der Waals surface area (Å²) >= 11 is 0. The lowest BCUT2D eigenvalue weighted by Gasteiger charge is -2.12. The molecule has 7 nitrogen and oxygen atoms in total. The Balaban J connectivity index is 2.03. The van der Waals surface area contributed by atoms with Gasteiger partial charge in [-0.05, 0) is 42.3 Å². The molecule has 1 aromatic carbocycles. The highest BCUT2D eigenvalue weighted by Crippen LogP contribution is 2.15. The first-order valence-corrected chi connectivity index (χ1v) is 9.68. The Morgan fingerprint density at radius 3 is 2.27 bits per heavy atom. The van der Waals surface area contributed by atoms with Crippen molar-refractivity contribution in [3.63, 3.8) is 0 Å². The van der Waals surface area contributed by atoms with E-state index >= 15 is 0 Å². The van der Waals surface area contributed by atoms with Gasteiger partial charge in [-0.25, -0.2) is 17.7 Å². The first kappa shape index (κ1) is 19.9. The van der Waals surface area contributed by atoms with Crippen molar-refractivity contribution in [2.45, 2.75) is 18.7 Å². The van der Waals surface area contributed by atoms with Crippen LogP contribution in [-0.2, 0) is 10.0 Å². The van der Waals surface area contributed by atoms with Gasteiger partial charge in [0.15, 0.2) is 0 Å². The molecule has 2 aromatic rings. The Kier molecular flexibility index (Phi) is 6.33. The topological polar surface area (TPSA) is 91.4 Å². The molecule has 1 aromatic heterocycles. The van der Waals surface area contributed by atoms with E-state index in [1.165, 1.54) is 38.4 Å². The average molecular weight is 376 g/mol. The zero-order valence-electron chi connectivity index (χ0n) is 15.4. The second-order valence-corrected chi connectivity index (χ2v) is 8.62. The third-order valence-corrected chi connectivity index (χ3v) is 5.44. The van der Waals surface area contributed by atoms with E-state index in [-0.39, 0.29) is 10.8 Å². The van der Waals surface area contributed by atoms with E-state index in [0.29, 0.717) is 17.3 Å². The summed E-state index contributed by atoms with van der Waals surface area (Å²) in [5.74, 6) is 0.595. The van der Waals surface area contributed by atoms with Crippen molar-refractivity contribution in [1.29, 1.82) is 0 Å². The molecule has 0 aliphatic heterocycles. The quantitative estimate of drug-likeness (QED) is 0.775. The number of carbonyl (C=O) groups excluding carboxylic acids is 1. The SMILES string of the molecule is CC(C)CNc1ccc(NC(=O)c2ccc(S(=O)(=O)N(C)C)cc2)nc1. The van der Waals surface area contributed by atoms with Crippen molar-refractivity contribution < 1.29 is 13.2 Å². The van der Waals surface area contributed by atoms with Gasteiger partial charge in [0, 0.05) is 26.2 Å². The Morgan fingerprint density at radius 1 is 1.12 bits per heavy atom. The van der Waals surface area contributed by atoms with E-state index in [9.17, 15) is 13.2 Å². The maximum atomic E-state index is 12.3. The molecule has 140 valence electrons. The number of hydrogen-bond acceptors (Lipinski definition) is 5. The molecule has 1 heterocycles. The first-order valence-electron chi connectivity index (χ1n) is 8.24. The number of pyridine rings is 1. The van der Waals surface area contributed by atoms with Gasteiger partial charge in [-0.1, -0.05) is 13.8 Å². The van der Waals surface area contributed by atoms with Crippen LogP contribution in [0.2, 0.25) is 0 Å². The van der Waals surface area contributed by atoms with Crippen molar-refractivity contribution >= 4 is 27.4 Å². The minimum Gasteiger partial charge on any atom is -0.384 e. The fraction of sp³-hybridized carbons (Fsp3) is 0.333. The highest BCUT2D eigenvalue weighted by Gasteiger charge is 2.17. The minimum atomic E-state index is -3.51. The van der Waals surface area contributed by atoms with E-state index in [2.05, 4.69) is 29.5 Å². The molecule has 0 saturated heterocycles. The van der Waals surface area contributed by atoms with Crippen LogP contribution in [0.5, 0.6) is 0 Å². The molecule has 2 rings (SSSR count). The highest BCUT2D eigenvalue weighted by molar-refractivity contribution is 7.89. The van der Waals surface area contributed by atoms with Crippen molar-refractivity contribution in [1.82, 2.24) is 9.29 Å². The molecule has 0 unspecified atom stereocenters. The maximum Gasteiger partial charge on any atom is 0.256 e. The molecule has 26 heavy (non-hydrogen) atoms. The predicted octanol–water partition coefficient (Wildman–Crippen LogP) is 2.65. The summed E-state index contributed by atoms with van der Waals surface area (Å²) in [6.45, 7) is 5.07. The monoisotopic (exact) mass is 376 g/mol. The van der Waals surface area contributed by atoms with Crippen molar-refractivity contribution in [3.05, 3.63) is 48.2 Å². The smallest absolute Gasteiger partial charge is 0.256 e. The fourth-order valence-electron chi connectivity index (χ4n) is 2.07. The number of rotatable bonds is 7. The summed E-state index contributed by atoms with van der Waals surface area (Å²) in [6, 6.07) is 9.34. The van der Waals surface area contributed by atoms with E-state index in [4.69, 9.17) is 0 Å². The Bertz CT molecular complexity index is 845. The lowest BCUT2D eigenvalue weighted by molar-refractivity contribution is 0.102. The standard InChI is InChI=1S/C18H24N4O3S/c1-13(2)11-19-15-7-10-17(20-12-15)21-18(23)14-5-8-16(9-6-14)26(24,25)22(3)4/h5-10,12-13,19H,11H2,1-4H3,(H,20,21,23). The summed E-state index contributed by atoms with van der Waals surface area (Å²) in [5, 5.41) is 5.94. The molecular weight excluding hydrogens is 352 g/mol. The number of benzene rings is 1. The zero-order chi connectivity index (χ0) is 19.3. The number of nitrogens with one attached hydrogen (secondary N) is 2. The minimum absolute atomic E-state index is 0.137. The van der Waals surface area contributed by atoms with E-state index in [1.807, 2.05) is 6.07 Å².